The van der Waals surface area contributed by atoms with Crippen LogP contribution in [0.2, 0.25) is 0 Å². The third-order valence-electron chi connectivity index (χ3n) is 4.28. The van der Waals surface area contributed by atoms with Crippen molar-refractivity contribution in [3.8, 4) is 0 Å². The molecule has 1 aromatic carbocycles. The normalized spacial score (nSPS) is 14.4. The Kier molecular flexibility index (Phi) is 8.44. The zero-order valence-electron chi connectivity index (χ0n) is 17.1. The fourth-order valence-corrected chi connectivity index (χ4v) is 3.91. The molecule has 5 nitrogen and oxygen atoms in total. The third-order valence-corrected chi connectivity index (χ3v) is 5.89. The zero-order valence-corrected chi connectivity index (χ0v) is 17.9. The highest BCUT2D eigenvalue weighted by molar-refractivity contribution is 7.89. The van der Waals surface area contributed by atoms with E-state index < -0.39 is 21.5 Å². The summed E-state index contributed by atoms with van der Waals surface area (Å²) in [7, 11) is -2.60. The van der Waals surface area contributed by atoms with E-state index in [1.54, 1.807) is 19.1 Å². The van der Waals surface area contributed by atoms with Crippen LogP contribution in [0.5, 0.6) is 0 Å². The molecule has 0 aliphatic carbocycles. The van der Waals surface area contributed by atoms with Crippen LogP contribution >= 0.6 is 0 Å². The zero-order chi connectivity index (χ0) is 20.7. The van der Waals surface area contributed by atoms with Gasteiger partial charge < -0.3 is 4.74 Å². The van der Waals surface area contributed by atoms with E-state index >= 15 is 0 Å². The molecular weight excluding hydrogens is 362 g/mol. The molecule has 1 unspecified atom stereocenters. The first-order chi connectivity index (χ1) is 12.5. The Morgan fingerprint density at radius 1 is 1.15 bits per heavy atom. The van der Waals surface area contributed by atoms with Crippen molar-refractivity contribution in [2.75, 3.05) is 7.11 Å². The van der Waals surface area contributed by atoms with Crippen LogP contribution in [-0.4, -0.2) is 27.0 Å². The SMILES string of the molecule is COC(=O)C(C)(C/C=C(\C)CCC=C(C)C)NS(=O)(=O)c1ccc(C)cc1. The van der Waals surface area contributed by atoms with Crippen LogP contribution in [-0.2, 0) is 19.6 Å². The second-order valence-electron chi connectivity index (χ2n) is 7.32. The molecule has 6 heteroatoms. The average Bonchev–Trinajstić information content (AvgIpc) is 2.59. The molecule has 0 amide bonds. The Balaban J connectivity index is 3.01. The van der Waals surface area contributed by atoms with E-state index in [-0.39, 0.29) is 11.3 Å². The summed E-state index contributed by atoms with van der Waals surface area (Å²) in [4.78, 5) is 12.4. The van der Waals surface area contributed by atoms with Crippen molar-refractivity contribution < 1.29 is 17.9 Å². The van der Waals surface area contributed by atoms with Gasteiger partial charge in [-0.25, -0.2) is 8.42 Å². The van der Waals surface area contributed by atoms with Crippen molar-refractivity contribution in [2.24, 2.45) is 0 Å². The molecule has 0 aromatic heterocycles. The van der Waals surface area contributed by atoms with Gasteiger partial charge in [0.05, 0.1) is 12.0 Å². The van der Waals surface area contributed by atoms with Crippen LogP contribution in [0.15, 0.2) is 52.5 Å². The lowest BCUT2D eigenvalue weighted by atomic mass is 9.97. The van der Waals surface area contributed by atoms with Crippen molar-refractivity contribution in [2.45, 2.75) is 64.3 Å². The second-order valence-corrected chi connectivity index (χ2v) is 9.00. The van der Waals surface area contributed by atoms with Gasteiger partial charge in [-0.2, -0.15) is 4.72 Å². The Hall–Kier alpha value is -1.92. The number of hydrogen-bond acceptors (Lipinski definition) is 4. The van der Waals surface area contributed by atoms with Gasteiger partial charge in [0.15, 0.2) is 0 Å². The van der Waals surface area contributed by atoms with Crippen LogP contribution in [0, 0.1) is 6.92 Å². The molecular formula is C21H31NO4S. The number of aryl methyl sites for hydroxylation is 1. The lowest BCUT2D eigenvalue weighted by Crippen LogP contribution is -2.52. The molecule has 0 saturated carbocycles. The molecule has 0 bridgehead atoms. The van der Waals surface area contributed by atoms with E-state index in [2.05, 4.69) is 10.8 Å². The van der Waals surface area contributed by atoms with E-state index in [0.717, 1.165) is 24.0 Å². The summed E-state index contributed by atoms with van der Waals surface area (Å²) in [6.07, 6.45) is 6.03. The number of ether oxygens (including phenoxy) is 1. The minimum Gasteiger partial charge on any atom is -0.468 e. The van der Waals surface area contributed by atoms with Gasteiger partial charge in [-0.05, 0) is 66.0 Å². The number of nitrogens with one attached hydrogen (secondary N) is 1. The van der Waals surface area contributed by atoms with Crippen LogP contribution < -0.4 is 4.72 Å². The summed E-state index contributed by atoms with van der Waals surface area (Å²) in [5.41, 5.74) is 1.93. The van der Waals surface area contributed by atoms with Crippen LogP contribution in [0.1, 0.15) is 52.5 Å². The largest absolute Gasteiger partial charge is 0.468 e. The van der Waals surface area contributed by atoms with Crippen molar-refractivity contribution in [3.05, 3.63) is 53.1 Å². The monoisotopic (exact) mass is 393 g/mol. The van der Waals surface area contributed by atoms with E-state index in [0.29, 0.717) is 0 Å². The molecule has 0 aliphatic rings. The van der Waals surface area contributed by atoms with Gasteiger partial charge in [0, 0.05) is 0 Å². The standard InChI is InChI=1S/C21H31NO4S/c1-16(2)8-7-9-17(3)14-15-21(5,20(23)26-6)22-27(24,25)19-12-10-18(4)11-13-19/h8,10-14,22H,7,9,15H2,1-6H3/b17-14+. The first kappa shape index (κ1) is 23.1. The number of methoxy groups -OCH3 is 1. The van der Waals surface area contributed by atoms with E-state index in [4.69, 9.17) is 4.74 Å². The lowest BCUT2D eigenvalue weighted by molar-refractivity contribution is -0.146. The van der Waals surface area contributed by atoms with E-state index in [1.807, 2.05) is 33.8 Å². The van der Waals surface area contributed by atoms with Crippen LogP contribution in [0.3, 0.4) is 0 Å². The molecule has 1 atom stereocenters. The van der Waals surface area contributed by atoms with Gasteiger partial charge in [-0.3, -0.25) is 4.79 Å². The second kappa shape index (κ2) is 9.85. The van der Waals surface area contributed by atoms with Gasteiger partial charge >= 0.3 is 5.97 Å². The van der Waals surface area contributed by atoms with Crippen LogP contribution in [0.25, 0.3) is 0 Å². The molecule has 0 fully saturated rings. The number of allylic oxidation sites excluding steroid dienone is 3. The summed E-state index contributed by atoms with van der Waals surface area (Å²) >= 11 is 0. The average molecular weight is 394 g/mol. The molecule has 0 aliphatic heterocycles. The van der Waals surface area contributed by atoms with Gasteiger partial charge in [-0.15, -0.1) is 0 Å². The molecule has 1 aromatic rings. The molecule has 27 heavy (non-hydrogen) atoms. The number of hydrogen-bond donors (Lipinski definition) is 1. The number of carbonyl (C=O) groups excluding carboxylic acids is 1. The lowest BCUT2D eigenvalue weighted by Gasteiger charge is -2.26. The third kappa shape index (κ3) is 7.31. The Morgan fingerprint density at radius 3 is 2.26 bits per heavy atom. The highest BCUT2D eigenvalue weighted by Gasteiger charge is 2.38. The van der Waals surface area contributed by atoms with Crippen molar-refractivity contribution in [1.29, 1.82) is 0 Å². The summed E-state index contributed by atoms with van der Waals surface area (Å²) < 4.78 is 32.8. The molecule has 1 rings (SSSR count). The first-order valence-corrected chi connectivity index (χ1v) is 10.5. The first-order valence-electron chi connectivity index (χ1n) is 8.98. The van der Waals surface area contributed by atoms with E-state index in [9.17, 15) is 13.2 Å². The minimum absolute atomic E-state index is 0.118. The van der Waals surface area contributed by atoms with Crippen molar-refractivity contribution >= 4 is 16.0 Å². The summed E-state index contributed by atoms with van der Waals surface area (Å²) in [5.74, 6) is -0.619. The smallest absolute Gasteiger partial charge is 0.327 e. The number of esters is 1. The van der Waals surface area contributed by atoms with Gasteiger partial charge in [0.25, 0.3) is 0 Å². The highest BCUT2D eigenvalue weighted by Crippen LogP contribution is 2.20. The predicted octanol–water partition coefficient (Wildman–Crippen LogP) is 4.29. The Labute approximate surface area is 163 Å². The highest BCUT2D eigenvalue weighted by atomic mass is 32.2. The summed E-state index contributed by atoms with van der Waals surface area (Å²) in [6, 6.07) is 6.49. The van der Waals surface area contributed by atoms with Gasteiger partial charge in [-0.1, -0.05) is 41.0 Å². The quantitative estimate of drug-likeness (QED) is 0.502. The molecule has 1 N–H and O–H groups in total. The maximum Gasteiger partial charge on any atom is 0.327 e. The Morgan fingerprint density at radius 2 is 1.74 bits per heavy atom. The Bertz CT molecular complexity index is 803. The fourth-order valence-electron chi connectivity index (χ4n) is 2.53. The van der Waals surface area contributed by atoms with E-state index in [1.165, 1.54) is 24.8 Å². The minimum atomic E-state index is -3.86. The predicted molar refractivity (Wildman–Crippen MR) is 109 cm³/mol. The van der Waals surface area contributed by atoms with Crippen molar-refractivity contribution in [1.82, 2.24) is 4.72 Å². The van der Waals surface area contributed by atoms with Gasteiger partial charge in [0.1, 0.15) is 5.54 Å². The number of sulfonamides is 1. The summed E-state index contributed by atoms with van der Waals surface area (Å²) in [6.45, 7) is 9.50. The van der Waals surface area contributed by atoms with Crippen molar-refractivity contribution in [3.63, 3.8) is 0 Å². The molecule has 0 radical (unpaired) electrons. The molecule has 0 spiro atoms. The summed E-state index contributed by atoms with van der Waals surface area (Å²) in [5, 5.41) is 0. The number of carbonyl (C=O) groups is 1. The molecule has 150 valence electrons. The molecule has 0 heterocycles. The molecule has 0 saturated heterocycles. The van der Waals surface area contributed by atoms with Crippen LogP contribution in [0.4, 0.5) is 0 Å². The maximum atomic E-state index is 12.7. The fraction of sp³-hybridized carbons (Fsp3) is 0.476. The number of rotatable bonds is 9. The number of benzene rings is 1. The van der Waals surface area contributed by atoms with Gasteiger partial charge in [0.2, 0.25) is 10.0 Å². The topological polar surface area (TPSA) is 72.5 Å². The maximum absolute atomic E-state index is 12.7.